The zero-order valence-corrected chi connectivity index (χ0v) is 8.37. The monoisotopic (exact) mass is 214 g/mol. The maximum Gasteiger partial charge on any atom is 0.326 e. The molecule has 0 fully saturated rings. The number of aromatic nitrogens is 1. The second-order valence-corrected chi connectivity index (χ2v) is 3.36. The molecule has 6 heteroatoms. The predicted molar refractivity (Wildman–Crippen MR) is 51.3 cm³/mol. The number of hydrogen-bond donors (Lipinski definition) is 2. The van der Waals surface area contributed by atoms with Crippen LogP contribution in [0.4, 0.5) is 0 Å². The summed E-state index contributed by atoms with van der Waals surface area (Å²) in [6, 6.07) is -0.843. The van der Waals surface area contributed by atoms with Crippen molar-refractivity contribution in [3.8, 4) is 0 Å². The third-order valence-corrected chi connectivity index (χ3v) is 2.26. The number of aliphatic carboxylic acids is 1. The fourth-order valence-corrected chi connectivity index (χ4v) is 1.43. The van der Waals surface area contributed by atoms with E-state index in [-0.39, 0.29) is 5.69 Å². The van der Waals surface area contributed by atoms with Crippen LogP contribution in [0.2, 0.25) is 0 Å². The van der Waals surface area contributed by atoms with Crippen LogP contribution < -0.4 is 5.32 Å². The van der Waals surface area contributed by atoms with Gasteiger partial charge in [-0.05, 0) is 6.42 Å². The van der Waals surface area contributed by atoms with E-state index in [9.17, 15) is 9.59 Å². The minimum Gasteiger partial charge on any atom is -0.480 e. The highest BCUT2D eigenvalue weighted by atomic mass is 32.1. The molecule has 5 nitrogen and oxygen atoms in total. The fourth-order valence-electron chi connectivity index (χ4n) is 0.895. The Labute approximate surface area is 84.8 Å². The summed E-state index contributed by atoms with van der Waals surface area (Å²) in [5.74, 6) is -1.48. The predicted octanol–water partition coefficient (Wildman–Crippen LogP) is 0.736. The molecule has 1 atom stereocenters. The summed E-state index contributed by atoms with van der Waals surface area (Å²) < 4.78 is 0. The van der Waals surface area contributed by atoms with E-state index in [4.69, 9.17) is 5.11 Å². The third kappa shape index (κ3) is 2.53. The SMILES string of the molecule is CCC(NC(=O)c1cscn1)C(=O)O. The number of nitrogens with zero attached hydrogens (tertiary/aromatic N) is 1. The van der Waals surface area contributed by atoms with Crippen molar-refractivity contribution in [3.63, 3.8) is 0 Å². The number of carboxylic acid groups (broad SMARTS) is 1. The quantitative estimate of drug-likeness (QED) is 0.774. The van der Waals surface area contributed by atoms with Gasteiger partial charge in [-0.3, -0.25) is 4.79 Å². The Kier molecular flexibility index (Phi) is 3.58. The molecule has 1 rings (SSSR count). The Morgan fingerprint density at radius 1 is 1.71 bits per heavy atom. The van der Waals surface area contributed by atoms with E-state index < -0.39 is 17.9 Å². The molecule has 1 heterocycles. The minimum atomic E-state index is -1.03. The van der Waals surface area contributed by atoms with E-state index >= 15 is 0 Å². The lowest BCUT2D eigenvalue weighted by molar-refractivity contribution is -0.139. The second kappa shape index (κ2) is 4.71. The summed E-state index contributed by atoms with van der Waals surface area (Å²) >= 11 is 1.29. The highest BCUT2D eigenvalue weighted by Crippen LogP contribution is 2.01. The molecule has 0 radical (unpaired) electrons. The zero-order chi connectivity index (χ0) is 10.6. The molecule has 0 aliphatic heterocycles. The number of carboxylic acids is 1. The van der Waals surface area contributed by atoms with Gasteiger partial charge in [0, 0.05) is 5.38 Å². The molecule has 0 spiro atoms. The van der Waals surface area contributed by atoms with Crippen molar-refractivity contribution in [1.29, 1.82) is 0 Å². The van der Waals surface area contributed by atoms with Crippen LogP contribution in [0.3, 0.4) is 0 Å². The molecular weight excluding hydrogens is 204 g/mol. The molecule has 0 saturated heterocycles. The van der Waals surface area contributed by atoms with Gasteiger partial charge in [-0.1, -0.05) is 6.92 Å². The number of carbonyl (C=O) groups is 2. The maximum absolute atomic E-state index is 11.3. The van der Waals surface area contributed by atoms with E-state index in [2.05, 4.69) is 10.3 Å². The Balaban J connectivity index is 2.60. The number of hydrogen-bond acceptors (Lipinski definition) is 4. The largest absolute Gasteiger partial charge is 0.480 e. The van der Waals surface area contributed by atoms with E-state index in [1.165, 1.54) is 16.8 Å². The standard InChI is InChI=1S/C8H10N2O3S/c1-2-5(8(12)13)10-7(11)6-3-14-4-9-6/h3-5H,2H2,1H3,(H,10,11)(H,12,13). The van der Waals surface area contributed by atoms with Gasteiger partial charge < -0.3 is 10.4 Å². The number of amides is 1. The maximum atomic E-state index is 11.3. The lowest BCUT2D eigenvalue weighted by Crippen LogP contribution is -2.40. The Bertz CT molecular complexity index is 323. The van der Waals surface area contributed by atoms with Gasteiger partial charge >= 0.3 is 5.97 Å². The van der Waals surface area contributed by atoms with Crippen molar-refractivity contribution >= 4 is 23.2 Å². The first-order chi connectivity index (χ1) is 6.65. The van der Waals surface area contributed by atoms with Crippen molar-refractivity contribution in [2.75, 3.05) is 0 Å². The first kappa shape index (κ1) is 10.6. The van der Waals surface area contributed by atoms with Gasteiger partial charge in [0.15, 0.2) is 0 Å². The molecule has 0 aromatic carbocycles. The topological polar surface area (TPSA) is 79.3 Å². The smallest absolute Gasteiger partial charge is 0.326 e. The summed E-state index contributed by atoms with van der Waals surface area (Å²) in [5.41, 5.74) is 1.78. The Morgan fingerprint density at radius 2 is 2.43 bits per heavy atom. The van der Waals surface area contributed by atoms with Crippen LogP contribution in [-0.4, -0.2) is 28.0 Å². The first-order valence-electron chi connectivity index (χ1n) is 4.07. The van der Waals surface area contributed by atoms with Crippen LogP contribution in [0.1, 0.15) is 23.8 Å². The molecule has 0 saturated carbocycles. The van der Waals surface area contributed by atoms with Crippen molar-refractivity contribution < 1.29 is 14.7 Å². The van der Waals surface area contributed by atoms with Crippen LogP contribution in [0.25, 0.3) is 0 Å². The van der Waals surface area contributed by atoms with Crippen molar-refractivity contribution in [1.82, 2.24) is 10.3 Å². The molecule has 1 aromatic rings. The molecule has 1 aromatic heterocycles. The van der Waals surface area contributed by atoms with Gasteiger partial charge in [0.1, 0.15) is 11.7 Å². The highest BCUT2D eigenvalue weighted by molar-refractivity contribution is 7.07. The molecule has 1 amide bonds. The summed E-state index contributed by atoms with van der Waals surface area (Å²) in [6.45, 7) is 1.69. The first-order valence-corrected chi connectivity index (χ1v) is 5.01. The van der Waals surface area contributed by atoms with Crippen LogP contribution >= 0.6 is 11.3 Å². The lowest BCUT2D eigenvalue weighted by Gasteiger charge is -2.10. The Hall–Kier alpha value is -1.43. The number of thiazole rings is 1. The summed E-state index contributed by atoms with van der Waals surface area (Å²) in [7, 11) is 0. The van der Waals surface area contributed by atoms with E-state index in [0.29, 0.717) is 6.42 Å². The lowest BCUT2D eigenvalue weighted by atomic mass is 10.2. The number of nitrogens with one attached hydrogen (secondary N) is 1. The van der Waals surface area contributed by atoms with Crippen LogP contribution in [0.5, 0.6) is 0 Å². The van der Waals surface area contributed by atoms with E-state index in [1.54, 1.807) is 12.3 Å². The van der Waals surface area contributed by atoms with Crippen LogP contribution in [0.15, 0.2) is 10.9 Å². The Morgan fingerprint density at radius 3 is 2.86 bits per heavy atom. The van der Waals surface area contributed by atoms with Gasteiger partial charge in [-0.2, -0.15) is 0 Å². The van der Waals surface area contributed by atoms with Gasteiger partial charge in [0.25, 0.3) is 5.91 Å². The molecule has 2 N–H and O–H groups in total. The molecule has 0 aliphatic carbocycles. The normalized spacial score (nSPS) is 12.1. The molecule has 0 aliphatic rings. The summed E-state index contributed by atoms with van der Waals surface area (Å²) in [5, 5.41) is 12.6. The zero-order valence-electron chi connectivity index (χ0n) is 7.56. The third-order valence-electron chi connectivity index (χ3n) is 1.68. The summed E-state index contributed by atoms with van der Waals surface area (Å²) in [4.78, 5) is 25.7. The van der Waals surface area contributed by atoms with Crippen molar-refractivity contribution in [3.05, 3.63) is 16.6 Å². The van der Waals surface area contributed by atoms with Crippen molar-refractivity contribution in [2.24, 2.45) is 0 Å². The number of carbonyl (C=O) groups excluding carboxylic acids is 1. The average Bonchev–Trinajstić information content (AvgIpc) is 2.65. The molecule has 14 heavy (non-hydrogen) atoms. The highest BCUT2D eigenvalue weighted by Gasteiger charge is 2.18. The number of rotatable bonds is 4. The van der Waals surface area contributed by atoms with Crippen LogP contribution in [0, 0.1) is 0 Å². The molecule has 1 unspecified atom stereocenters. The average molecular weight is 214 g/mol. The van der Waals surface area contributed by atoms with E-state index in [0.717, 1.165) is 0 Å². The van der Waals surface area contributed by atoms with Gasteiger partial charge in [-0.15, -0.1) is 11.3 Å². The second-order valence-electron chi connectivity index (χ2n) is 2.65. The van der Waals surface area contributed by atoms with Gasteiger partial charge in [0.2, 0.25) is 0 Å². The van der Waals surface area contributed by atoms with Gasteiger partial charge in [0.05, 0.1) is 5.51 Å². The van der Waals surface area contributed by atoms with E-state index in [1.807, 2.05) is 0 Å². The van der Waals surface area contributed by atoms with Crippen LogP contribution in [-0.2, 0) is 4.79 Å². The fraction of sp³-hybridized carbons (Fsp3) is 0.375. The molecule has 76 valence electrons. The molecule has 0 bridgehead atoms. The van der Waals surface area contributed by atoms with Gasteiger partial charge in [-0.25, -0.2) is 9.78 Å². The summed E-state index contributed by atoms with van der Waals surface area (Å²) in [6.07, 6.45) is 0.352. The molecular formula is C8H10N2O3S. The van der Waals surface area contributed by atoms with Crippen molar-refractivity contribution in [2.45, 2.75) is 19.4 Å². The minimum absolute atomic E-state index is 0.259.